The van der Waals surface area contributed by atoms with E-state index in [2.05, 4.69) is 10.5 Å². The van der Waals surface area contributed by atoms with Crippen molar-refractivity contribution in [2.75, 3.05) is 13.1 Å². The summed E-state index contributed by atoms with van der Waals surface area (Å²) >= 11 is 18.9. The normalized spacial score (nSPS) is 23.0. The van der Waals surface area contributed by atoms with Crippen LogP contribution in [0, 0.1) is 0 Å². The van der Waals surface area contributed by atoms with E-state index in [0.717, 1.165) is 36.3 Å². The summed E-state index contributed by atoms with van der Waals surface area (Å²) in [5.41, 5.74) is -2.05. The molecule has 222 valence electrons. The van der Waals surface area contributed by atoms with Gasteiger partial charge in [-0.15, -0.1) is 11.3 Å². The molecule has 6 nitrogen and oxygen atoms in total. The molecule has 1 aromatic heterocycles. The van der Waals surface area contributed by atoms with E-state index in [1.54, 1.807) is 0 Å². The van der Waals surface area contributed by atoms with Crippen LogP contribution in [0.2, 0.25) is 15.1 Å². The number of hydrogen-bond acceptors (Lipinski definition) is 5. The number of oxime groups is 1. The van der Waals surface area contributed by atoms with E-state index in [-0.39, 0.29) is 38.6 Å². The molecule has 0 bridgehead atoms. The van der Waals surface area contributed by atoms with Crippen molar-refractivity contribution < 1.29 is 40.8 Å². The van der Waals surface area contributed by atoms with Gasteiger partial charge >= 0.3 is 12.4 Å². The van der Waals surface area contributed by atoms with E-state index in [4.69, 9.17) is 39.6 Å². The number of alkyl halides is 6. The van der Waals surface area contributed by atoms with E-state index < -0.39 is 54.3 Å². The number of amides is 2. The molecule has 41 heavy (non-hydrogen) atoms. The monoisotopic (exact) mass is 661 g/mol. The molecule has 5 rings (SSSR count). The smallest absolute Gasteiger partial charge is 0.374 e. The van der Waals surface area contributed by atoms with Gasteiger partial charge in [-0.2, -0.15) is 26.3 Å². The fourth-order valence-corrected chi connectivity index (χ4v) is 7.21. The first kappa shape index (κ1) is 30.2. The van der Waals surface area contributed by atoms with Gasteiger partial charge in [-0.05, 0) is 55.4 Å². The Morgan fingerprint density at radius 2 is 1.73 bits per heavy atom. The van der Waals surface area contributed by atoms with Crippen molar-refractivity contribution in [2.24, 2.45) is 5.16 Å². The molecule has 3 heterocycles. The van der Waals surface area contributed by atoms with Crippen LogP contribution in [0.5, 0.6) is 0 Å². The summed E-state index contributed by atoms with van der Waals surface area (Å²) < 4.78 is 82.0. The van der Waals surface area contributed by atoms with Gasteiger partial charge in [0.25, 0.3) is 11.5 Å². The quantitative estimate of drug-likeness (QED) is 0.275. The molecule has 2 amide bonds. The number of nitrogens with one attached hydrogen (secondary N) is 1. The number of benzene rings is 1. The fourth-order valence-electron chi connectivity index (χ4n) is 5.33. The van der Waals surface area contributed by atoms with Crippen LogP contribution in [0.15, 0.2) is 17.3 Å². The van der Waals surface area contributed by atoms with Crippen molar-refractivity contribution in [3.63, 3.8) is 0 Å². The van der Waals surface area contributed by atoms with Crippen molar-refractivity contribution in [1.82, 2.24) is 10.2 Å². The molecule has 1 N–H and O–H groups in total. The number of rotatable bonds is 5. The maximum absolute atomic E-state index is 14.5. The molecular formula is C25H20Cl3F6N3O3S. The SMILES string of the molecule is O=C(NC1CCN(CC(F)(F)F)C1=O)c1sc(C2=NOC(c3cc(Cl)c(Cl)c(Cl)c3)(C(F)(F)F)C2)c2c1CCCC2. The first-order valence-electron chi connectivity index (χ1n) is 12.4. The molecule has 2 unspecified atom stereocenters. The zero-order chi connectivity index (χ0) is 29.9. The highest BCUT2D eigenvalue weighted by Gasteiger charge is 2.63. The van der Waals surface area contributed by atoms with Crippen molar-refractivity contribution in [3.05, 3.63) is 53.6 Å². The highest BCUT2D eigenvalue weighted by Crippen LogP contribution is 2.51. The standard InChI is InChI=1S/C25H20Cl3F6N3O3S/c26-14-7-11(8-15(27)18(14)28)23(25(32,33)34)9-17(36-40-23)19-12-3-1-2-4-13(12)20(41-19)21(38)35-16-5-6-37(22(16)39)10-24(29,30)31/h7-8,16H,1-6,9-10H2,(H,35,38). The molecule has 16 heteroatoms. The lowest BCUT2D eigenvalue weighted by Gasteiger charge is -2.30. The second-order valence-corrected chi connectivity index (χ2v) is 12.2. The Labute approximate surface area is 248 Å². The van der Waals surface area contributed by atoms with Crippen LogP contribution in [0.4, 0.5) is 26.3 Å². The van der Waals surface area contributed by atoms with Crippen LogP contribution in [-0.2, 0) is 28.1 Å². The molecule has 2 atom stereocenters. The summed E-state index contributed by atoms with van der Waals surface area (Å²) in [6.07, 6.45) is -7.85. The zero-order valence-electron chi connectivity index (χ0n) is 20.8. The van der Waals surface area contributed by atoms with Crippen LogP contribution in [-0.4, -0.2) is 53.9 Å². The average Bonchev–Trinajstić information content (AvgIpc) is 3.58. The predicted molar refractivity (Wildman–Crippen MR) is 141 cm³/mol. The van der Waals surface area contributed by atoms with Crippen LogP contribution >= 0.6 is 46.1 Å². The fraction of sp³-hybridized carbons (Fsp3) is 0.480. The Hall–Kier alpha value is -2.22. The molecule has 3 aliphatic rings. The summed E-state index contributed by atoms with van der Waals surface area (Å²) in [6, 6.07) is 0.898. The Bertz CT molecular complexity index is 1420. The van der Waals surface area contributed by atoms with Gasteiger partial charge in [0.15, 0.2) is 0 Å². The van der Waals surface area contributed by atoms with Crippen molar-refractivity contribution in [1.29, 1.82) is 0 Å². The number of likely N-dealkylation sites (tertiary alicyclic amines) is 1. The van der Waals surface area contributed by atoms with Gasteiger partial charge in [-0.1, -0.05) is 40.0 Å². The van der Waals surface area contributed by atoms with E-state index >= 15 is 0 Å². The summed E-state index contributed by atoms with van der Waals surface area (Å²) in [6.45, 7) is -1.58. The summed E-state index contributed by atoms with van der Waals surface area (Å²) in [4.78, 5) is 32.0. The molecule has 2 aliphatic heterocycles. The van der Waals surface area contributed by atoms with E-state index in [1.807, 2.05) is 0 Å². The number of carbonyl (C=O) groups is 2. The average molecular weight is 663 g/mol. The van der Waals surface area contributed by atoms with Gasteiger partial charge in [-0.3, -0.25) is 9.59 Å². The lowest BCUT2D eigenvalue weighted by Crippen LogP contribution is -2.43. The van der Waals surface area contributed by atoms with Crippen LogP contribution in [0.25, 0.3) is 0 Å². The molecule has 1 saturated heterocycles. The minimum atomic E-state index is -4.94. The maximum atomic E-state index is 14.5. The van der Waals surface area contributed by atoms with Crippen molar-refractivity contribution in [3.8, 4) is 0 Å². The lowest BCUT2D eigenvalue weighted by molar-refractivity contribution is -0.275. The molecule has 2 aromatic rings. The number of nitrogens with zero attached hydrogens (tertiary/aromatic N) is 2. The Morgan fingerprint density at radius 1 is 1.10 bits per heavy atom. The zero-order valence-corrected chi connectivity index (χ0v) is 23.9. The third kappa shape index (κ3) is 5.62. The Balaban J connectivity index is 1.44. The second-order valence-electron chi connectivity index (χ2n) is 10.00. The maximum Gasteiger partial charge on any atom is 0.435 e. The van der Waals surface area contributed by atoms with Crippen molar-refractivity contribution >= 4 is 63.7 Å². The topological polar surface area (TPSA) is 71.0 Å². The van der Waals surface area contributed by atoms with Crippen molar-refractivity contribution in [2.45, 2.75) is 62.5 Å². The number of hydrogen-bond donors (Lipinski definition) is 1. The summed E-state index contributed by atoms with van der Waals surface area (Å²) in [5.74, 6) is -1.52. The first-order chi connectivity index (χ1) is 19.1. The van der Waals surface area contributed by atoms with Gasteiger partial charge in [-0.25, -0.2) is 0 Å². The van der Waals surface area contributed by atoms with E-state index in [0.29, 0.717) is 33.7 Å². The van der Waals surface area contributed by atoms with Gasteiger partial charge < -0.3 is 15.1 Å². The third-order valence-corrected chi connectivity index (χ3v) is 9.82. The minimum Gasteiger partial charge on any atom is -0.374 e. The Morgan fingerprint density at radius 3 is 2.34 bits per heavy atom. The molecule has 0 radical (unpaired) electrons. The van der Waals surface area contributed by atoms with Gasteiger partial charge in [0.05, 0.1) is 31.2 Å². The molecule has 1 aromatic carbocycles. The number of halogens is 9. The van der Waals surface area contributed by atoms with Crippen LogP contribution < -0.4 is 5.32 Å². The molecule has 1 aliphatic carbocycles. The summed E-state index contributed by atoms with van der Waals surface area (Å²) in [5, 5.41) is 5.83. The number of thiophene rings is 1. The third-order valence-electron chi connectivity index (χ3n) is 7.30. The van der Waals surface area contributed by atoms with E-state index in [1.165, 1.54) is 0 Å². The number of fused-ring (bicyclic) bond motifs is 1. The van der Waals surface area contributed by atoms with Gasteiger partial charge in [0.2, 0.25) is 5.91 Å². The second kappa shape index (κ2) is 10.8. The van der Waals surface area contributed by atoms with E-state index in [9.17, 15) is 35.9 Å². The molecule has 0 spiro atoms. The van der Waals surface area contributed by atoms with Gasteiger partial charge in [0, 0.05) is 12.1 Å². The molecular weight excluding hydrogens is 643 g/mol. The summed E-state index contributed by atoms with van der Waals surface area (Å²) in [7, 11) is 0. The van der Waals surface area contributed by atoms with Crippen LogP contribution in [0.1, 0.15) is 56.9 Å². The lowest BCUT2D eigenvalue weighted by atomic mass is 9.85. The minimum absolute atomic E-state index is 0.00192. The largest absolute Gasteiger partial charge is 0.435 e. The molecule has 0 saturated carbocycles. The first-order valence-corrected chi connectivity index (χ1v) is 14.3. The van der Waals surface area contributed by atoms with Crippen LogP contribution in [0.3, 0.4) is 0 Å². The molecule has 1 fully saturated rings. The number of carbonyl (C=O) groups excluding carboxylic acids is 2. The predicted octanol–water partition coefficient (Wildman–Crippen LogP) is 7.06. The highest BCUT2D eigenvalue weighted by molar-refractivity contribution is 7.16. The highest BCUT2D eigenvalue weighted by atomic mass is 35.5. The van der Waals surface area contributed by atoms with Gasteiger partial charge in [0.1, 0.15) is 18.3 Å². The Kier molecular flexibility index (Phi) is 7.97.